The van der Waals surface area contributed by atoms with Crippen LogP contribution >= 0.6 is 12.4 Å². The van der Waals surface area contributed by atoms with Crippen LogP contribution in [0.3, 0.4) is 0 Å². The van der Waals surface area contributed by atoms with Crippen LogP contribution in [0, 0.1) is 5.92 Å². The molecule has 0 aliphatic rings. The molecule has 1 amide bonds. The second-order valence-electron chi connectivity index (χ2n) is 5.55. The maximum absolute atomic E-state index is 12.0. The van der Waals surface area contributed by atoms with E-state index in [0.29, 0.717) is 25.6 Å². The Morgan fingerprint density at radius 2 is 1.86 bits per heavy atom. The molecule has 0 saturated heterocycles. The van der Waals surface area contributed by atoms with E-state index in [1.165, 1.54) is 5.56 Å². The molecule has 5 heteroatoms. The van der Waals surface area contributed by atoms with Crippen LogP contribution in [-0.4, -0.2) is 32.7 Å². The number of ether oxygens (including phenoxy) is 1. The first kappa shape index (κ1) is 20.9. The van der Waals surface area contributed by atoms with Gasteiger partial charge in [0.1, 0.15) is 0 Å². The van der Waals surface area contributed by atoms with Gasteiger partial charge in [0.05, 0.1) is 19.2 Å². The van der Waals surface area contributed by atoms with Gasteiger partial charge in [-0.25, -0.2) is 0 Å². The van der Waals surface area contributed by atoms with E-state index in [4.69, 9.17) is 4.74 Å². The minimum Gasteiger partial charge on any atom is -0.383 e. The van der Waals surface area contributed by atoms with E-state index in [1.54, 1.807) is 7.11 Å². The van der Waals surface area contributed by atoms with E-state index in [2.05, 4.69) is 55.7 Å². The van der Waals surface area contributed by atoms with Crippen LogP contribution in [0.25, 0.3) is 0 Å². The van der Waals surface area contributed by atoms with Gasteiger partial charge in [0.15, 0.2) is 0 Å². The Balaban J connectivity index is 0.00000441. The molecule has 0 saturated carbocycles. The number of methoxy groups -OCH3 is 1. The van der Waals surface area contributed by atoms with Crippen molar-refractivity contribution in [3.63, 3.8) is 0 Å². The number of benzene rings is 1. The molecular formula is C17H29ClN2O2. The number of carbonyl (C=O) groups excluding carboxylic acids is 1. The molecular weight excluding hydrogens is 300 g/mol. The first-order valence-corrected chi connectivity index (χ1v) is 7.66. The molecule has 4 nitrogen and oxygen atoms in total. The molecule has 1 rings (SSSR count). The van der Waals surface area contributed by atoms with Crippen LogP contribution in [0.1, 0.15) is 37.9 Å². The fourth-order valence-electron chi connectivity index (χ4n) is 2.20. The lowest BCUT2D eigenvalue weighted by Gasteiger charge is -2.23. The summed E-state index contributed by atoms with van der Waals surface area (Å²) in [7, 11) is 1.65. The SMILES string of the molecule is CCc1ccc(C(NC(=O)CNCCOC)C(C)C)cc1.Cl. The number of halogens is 1. The molecule has 0 aromatic heterocycles. The Labute approximate surface area is 140 Å². The predicted molar refractivity (Wildman–Crippen MR) is 93.5 cm³/mol. The quantitative estimate of drug-likeness (QED) is 0.685. The van der Waals surface area contributed by atoms with Gasteiger partial charge in [-0.2, -0.15) is 0 Å². The Hall–Kier alpha value is -1.10. The molecule has 1 aromatic rings. The minimum atomic E-state index is 0. The molecule has 1 atom stereocenters. The molecule has 1 unspecified atom stereocenters. The number of carbonyl (C=O) groups is 1. The van der Waals surface area contributed by atoms with E-state index in [9.17, 15) is 4.79 Å². The zero-order valence-corrected chi connectivity index (χ0v) is 14.8. The highest BCUT2D eigenvalue weighted by atomic mass is 35.5. The molecule has 0 heterocycles. The lowest BCUT2D eigenvalue weighted by molar-refractivity contribution is -0.121. The van der Waals surface area contributed by atoms with Gasteiger partial charge in [0.2, 0.25) is 5.91 Å². The standard InChI is InChI=1S/C17H28N2O2.ClH/c1-5-14-6-8-15(9-7-14)17(13(2)3)19-16(20)12-18-10-11-21-4;/h6-9,13,17-18H,5,10-12H2,1-4H3,(H,19,20);1H. The summed E-state index contributed by atoms with van der Waals surface area (Å²) in [4.78, 5) is 12.0. The molecule has 0 aliphatic heterocycles. The molecule has 22 heavy (non-hydrogen) atoms. The van der Waals surface area contributed by atoms with Gasteiger partial charge < -0.3 is 15.4 Å². The van der Waals surface area contributed by atoms with Gasteiger partial charge in [-0.05, 0) is 23.5 Å². The maximum atomic E-state index is 12.0. The van der Waals surface area contributed by atoms with E-state index >= 15 is 0 Å². The minimum absolute atomic E-state index is 0. The van der Waals surface area contributed by atoms with Gasteiger partial charge >= 0.3 is 0 Å². The van der Waals surface area contributed by atoms with Gasteiger partial charge in [0.25, 0.3) is 0 Å². The number of nitrogens with one attached hydrogen (secondary N) is 2. The highest BCUT2D eigenvalue weighted by Gasteiger charge is 2.17. The van der Waals surface area contributed by atoms with Crippen molar-refractivity contribution < 1.29 is 9.53 Å². The second-order valence-corrected chi connectivity index (χ2v) is 5.55. The Bertz CT molecular complexity index is 421. The topological polar surface area (TPSA) is 50.4 Å². The van der Waals surface area contributed by atoms with E-state index in [-0.39, 0.29) is 24.4 Å². The third-order valence-electron chi connectivity index (χ3n) is 3.50. The van der Waals surface area contributed by atoms with E-state index < -0.39 is 0 Å². The van der Waals surface area contributed by atoms with Gasteiger partial charge in [-0.1, -0.05) is 45.0 Å². The van der Waals surface area contributed by atoms with Crippen LogP contribution < -0.4 is 10.6 Å². The van der Waals surface area contributed by atoms with Crippen molar-refractivity contribution in [2.75, 3.05) is 26.8 Å². The lowest BCUT2D eigenvalue weighted by atomic mass is 9.95. The molecule has 0 spiro atoms. The van der Waals surface area contributed by atoms with Crippen molar-refractivity contribution in [3.05, 3.63) is 35.4 Å². The normalized spacial score (nSPS) is 11.9. The summed E-state index contributed by atoms with van der Waals surface area (Å²) in [6.45, 7) is 8.00. The molecule has 1 aromatic carbocycles. The van der Waals surface area contributed by atoms with Gasteiger partial charge in [0, 0.05) is 13.7 Å². The van der Waals surface area contributed by atoms with Crippen molar-refractivity contribution in [2.24, 2.45) is 5.92 Å². The number of hydrogen-bond acceptors (Lipinski definition) is 3. The Morgan fingerprint density at radius 1 is 1.23 bits per heavy atom. The average molecular weight is 329 g/mol. The fraction of sp³-hybridized carbons (Fsp3) is 0.588. The highest BCUT2D eigenvalue weighted by Crippen LogP contribution is 2.22. The van der Waals surface area contributed by atoms with Crippen molar-refractivity contribution in [1.82, 2.24) is 10.6 Å². The first-order valence-electron chi connectivity index (χ1n) is 7.66. The maximum Gasteiger partial charge on any atom is 0.234 e. The number of rotatable bonds is 9. The average Bonchev–Trinajstić information content (AvgIpc) is 2.49. The van der Waals surface area contributed by atoms with Crippen molar-refractivity contribution in [3.8, 4) is 0 Å². The fourth-order valence-corrected chi connectivity index (χ4v) is 2.20. The third-order valence-corrected chi connectivity index (χ3v) is 3.50. The van der Waals surface area contributed by atoms with Crippen LogP contribution in [0.15, 0.2) is 24.3 Å². The lowest BCUT2D eigenvalue weighted by Crippen LogP contribution is -2.38. The van der Waals surface area contributed by atoms with Crippen molar-refractivity contribution in [2.45, 2.75) is 33.2 Å². The summed E-state index contributed by atoms with van der Waals surface area (Å²) in [5, 5.41) is 6.17. The zero-order chi connectivity index (χ0) is 15.7. The van der Waals surface area contributed by atoms with Crippen LogP contribution in [0.5, 0.6) is 0 Å². The third kappa shape index (κ3) is 7.25. The number of hydrogen-bond donors (Lipinski definition) is 2. The molecule has 0 radical (unpaired) electrons. The monoisotopic (exact) mass is 328 g/mol. The molecule has 0 bridgehead atoms. The number of aryl methyl sites for hydroxylation is 1. The number of amides is 1. The summed E-state index contributed by atoms with van der Waals surface area (Å²) >= 11 is 0. The van der Waals surface area contributed by atoms with Crippen LogP contribution in [-0.2, 0) is 16.0 Å². The summed E-state index contributed by atoms with van der Waals surface area (Å²) in [5.41, 5.74) is 2.47. The Morgan fingerprint density at radius 3 is 2.36 bits per heavy atom. The predicted octanol–water partition coefficient (Wildman–Crippen LogP) is 2.72. The smallest absolute Gasteiger partial charge is 0.234 e. The molecule has 2 N–H and O–H groups in total. The molecule has 0 fully saturated rings. The molecule has 126 valence electrons. The largest absolute Gasteiger partial charge is 0.383 e. The second kappa shape index (κ2) is 11.5. The summed E-state index contributed by atoms with van der Waals surface area (Å²) in [6.07, 6.45) is 1.03. The summed E-state index contributed by atoms with van der Waals surface area (Å²) in [5.74, 6) is 0.366. The van der Waals surface area contributed by atoms with Crippen molar-refractivity contribution >= 4 is 18.3 Å². The molecule has 0 aliphatic carbocycles. The van der Waals surface area contributed by atoms with Crippen molar-refractivity contribution in [1.29, 1.82) is 0 Å². The van der Waals surface area contributed by atoms with Crippen LogP contribution in [0.2, 0.25) is 0 Å². The zero-order valence-electron chi connectivity index (χ0n) is 14.0. The van der Waals surface area contributed by atoms with Gasteiger partial charge in [-0.3, -0.25) is 4.79 Å². The van der Waals surface area contributed by atoms with E-state index in [1.807, 2.05) is 0 Å². The first-order chi connectivity index (χ1) is 10.1. The summed E-state index contributed by atoms with van der Waals surface area (Å²) < 4.78 is 4.94. The summed E-state index contributed by atoms with van der Waals surface area (Å²) in [6, 6.07) is 8.54. The highest BCUT2D eigenvalue weighted by molar-refractivity contribution is 5.85. The Kier molecular flexibility index (Phi) is 10.9. The van der Waals surface area contributed by atoms with Crippen LogP contribution in [0.4, 0.5) is 0 Å². The van der Waals surface area contributed by atoms with E-state index in [0.717, 1.165) is 12.0 Å². The van der Waals surface area contributed by atoms with Gasteiger partial charge in [-0.15, -0.1) is 12.4 Å².